The normalized spacial score (nSPS) is 12.8. The molecular weight excluding hydrogens is 264 g/mol. The van der Waals surface area contributed by atoms with Gasteiger partial charge in [0.1, 0.15) is 0 Å². The maximum absolute atomic E-state index is 4.25. The van der Waals surface area contributed by atoms with Gasteiger partial charge in [-0.05, 0) is 24.5 Å². The molecule has 2 aromatic rings. The van der Waals surface area contributed by atoms with E-state index in [4.69, 9.17) is 0 Å². The molecule has 0 saturated carbocycles. The number of nitrogens with one attached hydrogen (secondary N) is 1. The highest BCUT2D eigenvalue weighted by Crippen LogP contribution is 2.26. The molecule has 1 N–H and O–H groups in total. The van der Waals surface area contributed by atoms with Gasteiger partial charge in [-0.3, -0.25) is 4.98 Å². The average Bonchev–Trinajstić information content (AvgIpc) is 3.00. The molecule has 0 fully saturated rings. The molecule has 0 aromatic carbocycles. The lowest BCUT2D eigenvalue weighted by molar-refractivity contribution is 0.555. The van der Waals surface area contributed by atoms with Crippen molar-refractivity contribution in [2.75, 3.05) is 6.54 Å². The number of aryl methyl sites for hydroxylation is 1. The van der Waals surface area contributed by atoms with E-state index in [1.54, 1.807) is 11.3 Å². The number of nitrogens with zero attached hydrogens (tertiary/aromatic N) is 3. The maximum Gasteiger partial charge on any atom is 0.0803 e. The van der Waals surface area contributed by atoms with Crippen LogP contribution in [-0.4, -0.2) is 21.1 Å². The first-order chi connectivity index (χ1) is 8.85. The van der Waals surface area contributed by atoms with Gasteiger partial charge in [-0.2, -0.15) is 0 Å². The topological polar surface area (TPSA) is 50.7 Å². The van der Waals surface area contributed by atoms with Gasteiger partial charge in [0.25, 0.3) is 0 Å². The van der Waals surface area contributed by atoms with E-state index in [1.165, 1.54) is 21.3 Å². The van der Waals surface area contributed by atoms with Crippen LogP contribution in [0.15, 0.2) is 11.7 Å². The highest BCUT2D eigenvalue weighted by Gasteiger charge is 2.19. The van der Waals surface area contributed by atoms with Crippen molar-refractivity contribution >= 4 is 22.9 Å². The Morgan fingerprint density at radius 2 is 2.28 bits per heavy atom. The van der Waals surface area contributed by atoms with Crippen LogP contribution in [0.4, 0.5) is 0 Å². The van der Waals surface area contributed by atoms with Crippen molar-refractivity contribution in [3.05, 3.63) is 27.2 Å². The van der Waals surface area contributed by atoms with E-state index >= 15 is 0 Å². The molecule has 0 saturated heterocycles. The summed E-state index contributed by atoms with van der Waals surface area (Å²) in [4.78, 5) is 6.73. The lowest BCUT2D eigenvalue weighted by Gasteiger charge is -2.15. The van der Waals surface area contributed by atoms with Gasteiger partial charge in [0, 0.05) is 23.5 Å². The Labute approximate surface area is 116 Å². The number of hydrogen-bond acceptors (Lipinski definition) is 6. The Balaban J connectivity index is 2.15. The molecular formula is C12H18N4S2. The Morgan fingerprint density at radius 1 is 1.39 bits per heavy atom. The van der Waals surface area contributed by atoms with Crippen LogP contribution in [0.1, 0.15) is 41.8 Å². The van der Waals surface area contributed by atoms with Crippen molar-refractivity contribution in [3.63, 3.8) is 0 Å². The summed E-state index contributed by atoms with van der Waals surface area (Å²) in [5.41, 5.74) is 3.04. The van der Waals surface area contributed by atoms with E-state index < -0.39 is 0 Å². The molecule has 0 amide bonds. The van der Waals surface area contributed by atoms with E-state index in [0.717, 1.165) is 31.5 Å². The van der Waals surface area contributed by atoms with Crippen molar-refractivity contribution in [2.45, 2.75) is 39.2 Å². The predicted molar refractivity (Wildman–Crippen MR) is 76.1 cm³/mol. The van der Waals surface area contributed by atoms with Crippen LogP contribution < -0.4 is 5.32 Å². The zero-order chi connectivity index (χ0) is 12.8. The molecule has 0 aliphatic rings. The fourth-order valence-corrected chi connectivity index (χ4v) is 3.35. The summed E-state index contributed by atoms with van der Waals surface area (Å²) in [5.74, 6) is 0. The second kappa shape index (κ2) is 6.92. The molecule has 2 rings (SSSR count). The molecule has 1 unspecified atom stereocenters. The van der Waals surface area contributed by atoms with Crippen LogP contribution in [0.2, 0.25) is 0 Å². The summed E-state index contributed by atoms with van der Waals surface area (Å²) in [6, 6.07) is 0.317. The standard InChI is InChI=1S/C12H18N4S2/c1-3-5-10-12(18-16-15-10)11(14-4-2)6-9-7-13-8-17-9/h7-8,11,14H,3-6H2,1-2H3. The minimum atomic E-state index is 0.317. The molecule has 0 radical (unpaired) electrons. The highest BCUT2D eigenvalue weighted by molar-refractivity contribution is 7.09. The minimum Gasteiger partial charge on any atom is -0.309 e. The fourth-order valence-electron chi connectivity index (χ4n) is 1.94. The van der Waals surface area contributed by atoms with Crippen molar-refractivity contribution in [3.8, 4) is 0 Å². The number of hydrogen-bond donors (Lipinski definition) is 1. The smallest absolute Gasteiger partial charge is 0.0803 e. The van der Waals surface area contributed by atoms with E-state index in [1.807, 2.05) is 11.7 Å². The third kappa shape index (κ3) is 3.34. The van der Waals surface area contributed by atoms with Gasteiger partial charge in [-0.25, -0.2) is 0 Å². The molecule has 0 bridgehead atoms. The van der Waals surface area contributed by atoms with Gasteiger partial charge >= 0.3 is 0 Å². The van der Waals surface area contributed by atoms with Crippen LogP contribution in [0.3, 0.4) is 0 Å². The molecule has 2 heterocycles. The van der Waals surface area contributed by atoms with Crippen LogP contribution >= 0.6 is 22.9 Å². The molecule has 1 atom stereocenters. The second-order valence-corrected chi connectivity index (χ2v) is 5.87. The van der Waals surface area contributed by atoms with Crippen molar-refractivity contribution in [1.82, 2.24) is 19.9 Å². The lowest BCUT2D eigenvalue weighted by atomic mass is 10.1. The average molecular weight is 282 g/mol. The Bertz CT molecular complexity index is 452. The summed E-state index contributed by atoms with van der Waals surface area (Å²) in [5, 5.41) is 7.79. The number of thiazole rings is 1. The Hall–Kier alpha value is -0.850. The third-order valence-corrected chi connectivity index (χ3v) is 4.41. The summed E-state index contributed by atoms with van der Waals surface area (Å²) in [6.45, 7) is 5.26. The molecule has 18 heavy (non-hydrogen) atoms. The summed E-state index contributed by atoms with van der Waals surface area (Å²) < 4.78 is 4.11. The molecule has 0 aliphatic heterocycles. The maximum atomic E-state index is 4.25. The van der Waals surface area contributed by atoms with E-state index in [-0.39, 0.29) is 0 Å². The summed E-state index contributed by atoms with van der Waals surface area (Å²) in [7, 11) is 0. The first-order valence-corrected chi connectivity index (χ1v) is 7.92. The molecule has 2 aromatic heterocycles. The SMILES string of the molecule is CCCc1nnsc1C(Cc1cncs1)NCC. The first kappa shape index (κ1) is 13.6. The van der Waals surface area contributed by atoms with Crippen LogP contribution in [0, 0.1) is 0 Å². The number of rotatable bonds is 7. The molecule has 0 aliphatic carbocycles. The first-order valence-electron chi connectivity index (χ1n) is 6.27. The van der Waals surface area contributed by atoms with E-state index in [9.17, 15) is 0 Å². The molecule has 6 heteroatoms. The zero-order valence-corrected chi connectivity index (χ0v) is 12.4. The van der Waals surface area contributed by atoms with Gasteiger partial charge in [-0.1, -0.05) is 24.8 Å². The second-order valence-electron chi connectivity index (χ2n) is 4.12. The number of likely N-dealkylation sites (N-methyl/N-ethyl adjacent to an activating group) is 1. The van der Waals surface area contributed by atoms with Crippen molar-refractivity contribution in [1.29, 1.82) is 0 Å². The fraction of sp³-hybridized carbons (Fsp3) is 0.583. The highest BCUT2D eigenvalue weighted by atomic mass is 32.1. The van der Waals surface area contributed by atoms with E-state index in [2.05, 4.69) is 33.7 Å². The van der Waals surface area contributed by atoms with Gasteiger partial charge in [0.05, 0.1) is 16.1 Å². The summed E-state index contributed by atoms with van der Waals surface area (Å²) >= 11 is 3.23. The Kier molecular flexibility index (Phi) is 5.22. The quantitative estimate of drug-likeness (QED) is 0.848. The van der Waals surface area contributed by atoms with Gasteiger partial charge in [0.15, 0.2) is 0 Å². The monoisotopic (exact) mass is 282 g/mol. The van der Waals surface area contributed by atoms with Crippen molar-refractivity contribution in [2.24, 2.45) is 0 Å². The van der Waals surface area contributed by atoms with Gasteiger partial charge in [-0.15, -0.1) is 16.4 Å². The molecule has 0 spiro atoms. The van der Waals surface area contributed by atoms with Gasteiger partial charge in [0.2, 0.25) is 0 Å². The zero-order valence-electron chi connectivity index (χ0n) is 10.7. The van der Waals surface area contributed by atoms with Crippen LogP contribution in [0.25, 0.3) is 0 Å². The Morgan fingerprint density at radius 3 is 2.94 bits per heavy atom. The van der Waals surface area contributed by atoms with Crippen molar-refractivity contribution < 1.29 is 0 Å². The molecule has 4 nitrogen and oxygen atoms in total. The van der Waals surface area contributed by atoms with Crippen LogP contribution in [-0.2, 0) is 12.8 Å². The third-order valence-electron chi connectivity index (χ3n) is 2.73. The minimum absolute atomic E-state index is 0.317. The van der Waals surface area contributed by atoms with Gasteiger partial charge < -0.3 is 5.32 Å². The largest absolute Gasteiger partial charge is 0.309 e. The number of aromatic nitrogens is 3. The lowest BCUT2D eigenvalue weighted by Crippen LogP contribution is -2.22. The predicted octanol–water partition coefficient (Wildman–Crippen LogP) is 2.84. The van der Waals surface area contributed by atoms with E-state index in [0.29, 0.717) is 6.04 Å². The molecule has 98 valence electrons. The summed E-state index contributed by atoms with van der Waals surface area (Å²) in [6.07, 6.45) is 5.04. The van der Waals surface area contributed by atoms with Crippen LogP contribution in [0.5, 0.6) is 0 Å².